The summed E-state index contributed by atoms with van der Waals surface area (Å²) >= 11 is 0. The Bertz CT molecular complexity index is 845. The Morgan fingerprint density at radius 2 is 1.71 bits per heavy atom. The summed E-state index contributed by atoms with van der Waals surface area (Å²) < 4.78 is 6.03. The normalized spacial score (nSPS) is 13.6. The Labute approximate surface area is 124 Å². The second kappa shape index (κ2) is 4.63. The molecular weight excluding hydrogens is 256 g/mol. The quantitative estimate of drug-likeness (QED) is 0.556. The van der Waals surface area contributed by atoms with Crippen molar-refractivity contribution in [2.45, 2.75) is 26.7 Å². The van der Waals surface area contributed by atoms with Crippen LogP contribution in [-0.4, -0.2) is 0 Å². The van der Waals surface area contributed by atoms with Gasteiger partial charge in [-0.15, -0.1) is 0 Å². The molecule has 0 radical (unpaired) electrons. The lowest BCUT2D eigenvalue weighted by Crippen LogP contribution is -1.89. The number of hydrogen-bond acceptors (Lipinski definition) is 1. The van der Waals surface area contributed by atoms with Crippen LogP contribution in [-0.2, 0) is 6.42 Å². The third-order valence-electron chi connectivity index (χ3n) is 4.21. The molecule has 1 heterocycles. The van der Waals surface area contributed by atoms with Gasteiger partial charge in [-0.25, -0.2) is 0 Å². The maximum absolute atomic E-state index is 6.03. The van der Waals surface area contributed by atoms with E-state index < -0.39 is 0 Å². The molecule has 2 aromatic carbocycles. The van der Waals surface area contributed by atoms with E-state index in [2.05, 4.69) is 62.4 Å². The van der Waals surface area contributed by atoms with E-state index in [1.807, 2.05) is 0 Å². The molecule has 3 aromatic rings. The average molecular weight is 274 g/mol. The molecule has 0 atom stereocenters. The van der Waals surface area contributed by atoms with Crippen LogP contribution < -0.4 is 0 Å². The van der Waals surface area contributed by atoms with Crippen LogP contribution in [0.3, 0.4) is 0 Å². The number of allylic oxidation sites excluding steroid dienone is 1. The first-order chi connectivity index (χ1) is 10.2. The van der Waals surface area contributed by atoms with Gasteiger partial charge in [-0.05, 0) is 50.0 Å². The first-order valence-electron chi connectivity index (χ1n) is 7.51. The van der Waals surface area contributed by atoms with Crippen molar-refractivity contribution in [3.63, 3.8) is 0 Å². The van der Waals surface area contributed by atoms with Gasteiger partial charge in [0.05, 0.1) is 0 Å². The molecule has 1 nitrogen and oxygen atoms in total. The van der Waals surface area contributed by atoms with Gasteiger partial charge in [-0.1, -0.05) is 47.5 Å². The maximum Gasteiger partial charge on any atom is 0.135 e. The van der Waals surface area contributed by atoms with Crippen molar-refractivity contribution in [1.82, 2.24) is 0 Å². The van der Waals surface area contributed by atoms with Crippen molar-refractivity contribution in [1.29, 1.82) is 0 Å². The molecule has 1 aliphatic rings. The number of furan rings is 1. The SMILES string of the molecule is Cc1cc(C)cc(-c2ccc3c4c(oc3c2)C=CCC4)c1. The van der Waals surface area contributed by atoms with E-state index in [4.69, 9.17) is 4.42 Å². The number of hydrogen-bond donors (Lipinski definition) is 0. The van der Waals surface area contributed by atoms with Gasteiger partial charge < -0.3 is 4.42 Å². The summed E-state index contributed by atoms with van der Waals surface area (Å²) in [4.78, 5) is 0. The van der Waals surface area contributed by atoms with Crippen molar-refractivity contribution < 1.29 is 4.42 Å². The van der Waals surface area contributed by atoms with Crippen LogP contribution in [0.1, 0.15) is 28.9 Å². The average Bonchev–Trinajstić information content (AvgIpc) is 2.83. The van der Waals surface area contributed by atoms with Gasteiger partial charge in [0.1, 0.15) is 11.3 Å². The Morgan fingerprint density at radius 3 is 2.52 bits per heavy atom. The van der Waals surface area contributed by atoms with Gasteiger partial charge in [-0.3, -0.25) is 0 Å². The fourth-order valence-electron chi connectivity index (χ4n) is 3.30. The molecule has 0 bridgehead atoms. The van der Waals surface area contributed by atoms with Crippen LogP contribution in [0.4, 0.5) is 0 Å². The summed E-state index contributed by atoms with van der Waals surface area (Å²) in [5.41, 5.74) is 7.45. The van der Waals surface area contributed by atoms with Crippen molar-refractivity contribution in [2.75, 3.05) is 0 Å². The van der Waals surface area contributed by atoms with E-state index in [0.29, 0.717) is 0 Å². The van der Waals surface area contributed by atoms with Crippen LogP contribution >= 0.6 is 0 Å². The molecule has 1 aromatic heterocycles. The summed E-state index contributed by atoms with van der Waals surface area (Å²) in [6.45, 7) is 4.29. The van der Waals surface area contributed by atoms with Crippen LogP contribution in [0.15, 0.2) is 46.9 Å². The highest BCUT2D eigenvalue weighted by atomic mass is 16.3. The van der Waals surface area contributed by atoms with E-state index in [1.165, 1.54) is 33.2 Å². The largest absolute Gasteiger partial charge is 0.456 e. The minimum absolute atomic E-state index is 1.00. The Kier molecular flexibility index (Phi) is 2.75. The summed E-state index contributed by atoms with van der Waals surface area (Å²) in [6, 6.07) is 13.3. The molecule has 0 N–H and O–H groups in total. The van der Waals surface area contributed by atoms with E-state index in [9.17, 15) is 0 Å². The topological polar surface area (TPSA) is 13.1 Å². The zero-order valence-corrected chi connectivity index (χ0v) is 12.4. The second-order valence-corrected chi connectivity index (χ2v) is 5.97. The zero-order chi connectivity index (χ0) is 14.4. The Hall–Kier alpha value is -2.28. The third kappa shape index (κ3) is 2.09. The van der Waals surface area contributed by atoms with Crippen LogP contribution in [0.2, 0.25) is 0 Å². The van der Waals surface area contributed by atoms with Crippen molar-refractivity contribution >= 4 is 17.0 Å². The maximum atomic E-state index is 6.03. The zero-order valence-electron chi connectivity index (χ0n) is 12.4. The van der Waals surface area contributed by atoms with E-state index in [0.717, 1.165) is 24.2 Å². The molecule has 1 heteroatoms. The Morgan fingerprint density at radius 1 is 0.905 bits per heavy atom. The molecule has 104 valence electrons. The molecule has 0 aliphatic heterocycles. The first kappa shape index (κ1) is 12.5. The molecule has 21 heavy (non-hydrogen) atoms. The van der Waals surface area contributed by atoms with Crippen molar-refractivity contribution in [2.24, 2.45) is 0 Å². The lowest BCUT2D eigenvalue weighted by atomic mass is 9.97. The first-order valence-corrected chi connectivity index (χ1v) is 7.51. The smallest absolute Gasteiger partial charge is 0.135 e. The van der Waals surface area contributed by atoms with E-state index in [1.54, 1.807) is 0 Å². The van der Waals surface area contributed by atoms with Gasteiger partial charge >= 0.3 is 0 Å². The highest BCUT2D eigenvalue weighted by Crippen LogP contribution is 2.34. The predicted octanol–water partition coefficient (Wildman–Crippen LogP) is 5.68. The monoisotopic (exact) mass is 274 g/mol. The minimum atomic E-state index is 1.00. The van der Waals surface area contributed by atoms with Crippen LogP contribution in [0, 0.1) is 13.8 Å². The molecule has 0 unspecified atom stereocenters. The van der Waals surface area contributed by atoms with Crippen LogP contribution in [0.25, 0.3) is 28.2 Å². The summed E-state index contributed by atoms with van der Waals surface area (Å²) in [5.74, 6) is 1.04. The lowest BCUT2D eigenvalue weighted by molar-refractivity contribution is 0.595. The molecular formula is C20H18O. The van der Waals surface area contributed by atoms with Crippen molar-refractivity contribution in [3.8, 4) is 11.1 Å². The Balaban J connectivity index is 1.89. The highest BCUT2D eigenvalue weighted by Gasteiger charge is 2.14. The molecule has 0 amide bonds. The van der Waals surface area contributed by atoms with Gasteiger partial charge in [-0.2, -0.15) is 0 Å². The van der Waals surface area contributed by atoms with E-state index >= 15 is 0 Å². The van der Waals surface area contributed by atoms with Gasteiger partial charge in [0.2, 0.25) is 0 Å². The molecule has 0 fully saturated rings. The highest BCUT2D eigenvalue weighted by molar-refractivity contribution is 5.89. The molecule has 1 aliphatic carbocycles. The van der Waals surface area contributed by atoms with Gasteiger partial charge in [0.15, 0.2) is 0 Å². The molecule has 0 spiro atoms. The predicted molar refractivity (Wildman–Crippen MR) is 88.5 cm³/mol. The summed E-state index contributed by atoms with van der Waals surface area (Å²) in [6.07, 6.45) is 6.49. The number of rotatable bonds is 1. The van der Waals surface area contributed by atoms with Crippen LogP contribution in [0.5, 0.6) is 0 Å². The molecule has 0 saturated carbocycles. The number of aryl methyl sites for hydroxylation is 3. The van der Waals surface area contributed by atoms with Gasteiger partial charge in [0, 0.05) is 10.9 Å². The summed E-state index contributed by atoms with van der Waals surface area (Å²) in [7, 11) is 0. The minimum Gasteiger partial charge on any atom is -0.456 e. The number of fused-ring (bicyclic) bond motifs is 3. The third-order valence-corrected chi connectivity index (χ3v) is 4.21. The standard InChI is InChI=1S/C20H18O/c1-13-9-14(2)11-16(10-13)15-7-8-18-17-5-3-4-6-19(17)21-20(18)12-15/h4,6-12H,3,5H2,1-2H3. The second-order valence-electron chi connectivity index (χ2n) is 5.97. The fraction of sp³-hybridized carbons (Fsp3) is 0.200. The molecule has 4 rings (SSSR count). The summed E-state index contributed by atoms with van der Waals surface area (Å²) in [5, 5.41) is 1.27. The molecule has 0 saturated heterocycles. The van der Waals surface area contributed by atoms with E-state index in [-0.39, 0.29) is 0 Å². The lowest BCUT2D eigenvalue weighted by Gasteiger charge is -2.06. The van der Waals surface area contributed by atoms with Gasteiger partial charge in [0.25, 0.3) is 0 Å². The van der Waals surface area contributed by atoms with Crippen molar-refractivity contribution in [3.05, 3.63) is 64.9 Å². The fourth-order valence-corrected chi connectivity index (χ4v) is 3.30. The number of benzene rings is 2.